The van der Waals surface area contributed by atoms with Crippen molar-refractivity contribution in [1.82, 2.24) is 20.4 Å². The largest absolute Gasteiger partial charge is 0.444 e. The Labute approximate surface area is 228 Å². The second-order valence-corrected chi connectivity index (χ2v) is 10.9. The number of carbonyl (C=O) groups excluding carboxylic acids is 3. The molecular formula is C28H38N4O7. The highest BCUT2D eigenvalue weighted by Gasteiger charge is 2.49. The molecule has 2 fully saturated rings. The number of aromatic nitrogens is 1. The van der Waals surface area contributed by atoms with E-state index in [-0.39, 0.29) is 25.0 Å². The van der Waals surface area contributed by atoms with Crippen LogP contribution in [0.15, 0.2) is 40.9 Å². The van der Waals surface area contributed by atoms with Crippen molar-refractivity contribution in [2.45, 2.75) is 84.9 Å². The second-order valence-electron chi connectivity index (χ2n) is 10.9. The molecule has 11 heteroatoms. The van der Waals surface area contributed by atoms with Crippen LogP contribution < -0.4 is 5.32 Å². The van der Waals surface area contributed by atoms with Gasteiger partial charge < -0.3 is 24.2 Å². The van der Waals surface area contributed by atoms with E-state index in [0.29, 0.717) is 24.4 Å². The number of Topliss-reactive ketones (excluding diaryl/α,β-unsaturated/α-hetero) is 1. The maximum absolute atomic E-state index is 13.3. The predicted octanol–water partition coefficient (Wildman–Crippen LogP) is 4.52. The van der Waals surface area contributed by atoms with Crippen LogP contribution in [-0.2, 0) is 25.7 Å². The molecule has 2 aliphatic rings. The number of carbonyl (C=O) groups is 3. The lowest BCUT2D eigenvalue weighted by Gasteiger charge is -2.26. The maximum Gasteiger partial charge on any atom is 0.410 e. The van der Waals surface area contributed by atoms with Gasteiger partial charge in [-0.15, -0.1) is 5.06 Å². The van der Waals surface area contributed by atoms with E-state index in [0.717, 1.165) is 18.4 Å². The fourth-order valence-electron chi connectivity index (χ4n) is 4.76. The highest BCUT2D eigenvalue weighted by molar-refractivity contribution is 5.91. The van der Waals surface area contributed by atoms with Crippen LogP contribution in [0, 0.1) is 12.3 Å². The first-order chi connectivity index (χ1) is 18.6. The average Bonchev–Trinajstić information content (AvgIpc) is 3.51. The minimum absolute atomic E-state index is 0.0104. The van der Waals surface area contributed by atoms with Crippen LogP contribution in [0.25, 0.3) is 0 Å². The first-order valence-electron chi connectivity index (χ1n) is 13.4. The van der Waals surface area contributed by atoms with E-state index < -0.39 is 36.0 Å². The Morgan fingerprint density at radius 2 is 1.97 bits per heavy atom. The molecule has 5 atom stereocenters. The van der Waals surface area contributed by atoms with E-state index in [1.165, 1.54) is 4.90 Å². The number of nitrogens with zero attached hydrogens (tertiary/aromatic N) is 3. The highest BCUT2D eigenvalue weighted by Crippen LogP contribution is 2.35. The number of amides is 2. The molecule has 11 nitrogen and oxygen atoms in total. The second kappa shape index (κ2) is 12.2. The van der Waals surface area contributed by atoms with Gasteiger partial charge in [-0.25, -0.2) is 9.59 Å². The summed E-state index contributed by atoms with van der Waals surface area (Å²) in [4.78, 5) is 46.0. The number of likely N-dealkylation sites (tertiary alicyclic amines) is 1. The smallest absolute Gasteiger partial charge is 0.410 e. The molecule has 1 aromatic carbocycles. The molecule has 3 unspecified atom stereocenters. The third kappa shape index (κ3) is 7.15. The Morgan fingerprint density at radius 3 is 2.64 bits per heavy atom. The summed E-state index contributed by atoms with van der Waals surface area (Å²) < 4.78 is 16.1. The van der Waals surface area contributed by atoms with Gasteiger partial charge in [0.25, 0.3) is 0 Å². The van der Waals surface area contributed by atoms with Crippen LogP contribution in [0.5, 0.6) is 0 Å². The van der Waals surface area contributed by atoms with E-state index in [2.05, 4.69) is 10.5 Å². The van der Waals surface area contributed by atoms with Crippen LogP contribution in [0.4, 0.5) is 9.59 Å². The number of ketones is 1. The SMILES string of the molecule is CCCCC(NC(=O)O[C@@H]1CN(C(=O)OCc2cc(C)on2)CC1(C)C)C(=O)C1ON1[C@H](C)c1ccccc1. The summed E-state index contributed by atoms with van der Waals surface area (Å²) in [5.41, 5.74) is 1.05. The molecule has 1 N–H and O–H groups in total. The first-order valence-corrected chi connectivity index (χ1v) is 13.4. The number of unbranched alkanes of at least 4 members (excludes halogenated alkanes) is 1. The Kier molecular flexibility index (Phi) is 8.91. The molecule has 1 aromatic heterocycles. The van der Waals surface area contributed by atoms with Gasteiger partial charge in [-0.2, -0.15) is 0 Å². The number of nitrogens with one attached hydrogen (secondary N) is 1. The van der Waals surface area contributed by atoms with Crippen LogP contribution in [0.1, 0.15) is 70.0 Å². The molecule has 4 rings (SSSR count). The first kappa shape index (κ1) is 28.6. The van der Waals surface area contributed by atoms with Crippen LogP contribution in [0.3, 0.4) is 0 Å². The minimum atomic E-state index is -0.744. The molecular weight excluding hydrogens is 504 g/mol. The summed E-state index contributed by atoms with van der Waals surface area (Å²) in [7, 11) is 0. The predicted molar refractivity (Wildman–Crippen MR) is 140 cm³/mol. The average molecular weight is 543 g/mol. The van der Waals surface area contributed by atoms with E-state index in [1.807, 2.05) is 58.0 Å². The van der Waals surface area contributed by atoms with Gasteiger partial charge in [0.05, 0.1) is 18.6 Å². The zero-order valence-electron chi connectivity index (χ0n) is 23.2. The summed E-state index contributed by atoms with van der Waals surface area (Å²) in [6.45, 7) is 10.1. The monoisotopic (exact) mass is 542 g/mol. The third-order valence-corrected chi connectivity index (χ3v) is 7.18. The van der Waals surface area contributed by atoms with Gasteiger partial charge in [-0.1, -0.05) is 69.1 Å². The molecule has 0 radical (unpaired) electrons. The van der Waals surface area contributed by atoms with Gasteiger partial charge in [0.1, 0.15) is 24.2 Å². The van der Waals surface area contributed by atoms with Gasteiger partial charge in [-0.05, 0) is 25.8 Å². The van der Waals surface area contributed by atoms with Crippen molar-refractivity contribution in [2.75, 3.05) is 13.1 Å². The van der Waals surface area contributed by atoms with Gasteiger partial charge >= 0.3 is 12.2 Å². The molecule has 0 saturated carbocycles. The van der Waals surface area contributed by atoms with Gasteiger partial charge in [0.15, 0.2) is 0 Å². The third-order valence-electron chi connectivity index (χ3n) is 7.18. The molecule has 2 aliphatic heterocycles. The molecule has 0 spiro atoms. The van der Waals surface area contributed by atoms with Gasteiger partial charge in [0.2, 0.25) is 12.0 Å². The van der Waals surface area contributed by atoms with Crippen molar-refractivity contribution >= 4 is 18.0 Å². The molecule has 3 heterocycles. The fourth-order valence-corrected chi connectivity index (χ4v) is 4.76. The minimum Gasteiger partial charge on any atom is -0.444 e. The number of hydrogen-bond donors (Lipinski definition) is 1. The number of hydroxylamine groups is 2. The van der Waals surface area contributed by atoms with Gasteiger partial charge in [0, 0.05) is 18.0 Å². The van der Waals surface area contributed by atoms with E-state index in [9.17, 15) is 14.4 Å². The molecule has 2 amide bonds. The van der Waals surface area contributed by atoms with Gasteiger partial charge in [-0.3, -0.25) is 9.63 Å². The summed E-state index contributed by atoms with van der Waals surface area (Å²) in [6.07, 6.45) is -0.402. The normalized spacial score (nSPS) is 23.1. The Hall–Kier alpha value is -3.44. The standard InChI is InChI=1S/C28H38N4O7/c1-6-7-13-22(24(33)25-32(39-25)19(3)20-11-9-8-10-12-20)29-26(34)37-23-15-31(17-28(23,4)5)27(35)36-16-21-14-18(2)38-30-21/h8-12,14,19,22-23,25H,6-7,13,15-17H2,1-5H3,(H,29,34)/t19-,22?,23-,25?,32?/m1/s1. The van der Waals surface area contributed by atoms with Crippen LogP contribution in [-0.4, -0.2) is 64.6 Å². The van der Waals surface area contributed by atoms with Crippen molar-refractivity contribution < 1.29 is 33.2 Å². The molecule has 212 valence electrons. The molecule has 39 heavy (non-hydrogen) atoms. The summed E-state index contributed by atoms with van der Waals surface area (Å²) in [5.74, 6) is 0.423. The Bertz CT molecular complexity index is 1150. The van der Waals surface area contributed by atoms with Crippen molar-refractivity contribution in [3.05, 3.63) is 53.4 Å². The van der Waals surface area contributed by atoms with E-state index in [1.54, 1.807) is 18.1 Å². The highest BCUT2D eigenvalue weighted by atomic mass is 16.8. The number of alkyl carbamates (subject to hydrolysis) is 1. The quantitative estimate of drug-likeness (QED) is 0.408. The lowest BCUT2D eigenvalue weighted by molar-refractivity contribution is -0.122. The lowest BCUT2D eigenvalue weighted by Crippen LogP contribution is -2.46. The number of aryl methyl sites for hydroxylation is 1. The van der Waals surface area contributed by atoms with Crippen LogP contribution >= 0.6 is 0 Å². The number of ether oxygens (including phenoxy) is 2. The number of benzene rings is 1. The van der Waals surface area contributed by atoms with E-state index >= 15 is 0 Å². The summed E-state index contributed by atoms with van der Waals surface area (Å²) in [6, 6.07) is 10.6. The van der Waals surface area contributed by atoms with E-state index in [4.69, 9.17) is 18.8 Å². The van der Waals surface area contributed by atoms with Crippen molar-refractivity contribution in [3.63, 3.8) is 0 Å². The zero-order valence-corrected chi connectivity index (χ0v) is 23.2. The summed E-state index contributed by atoms with van der Waals surface area (Å²) in [5, 5.41) is 8.22. The van der Waals surface area contributed by atoms with Crippen LogP contribution in [0.2, 0.25) is 0 Å². The fraction of sp³-hybridized carbons (Fsp3) is 0.571. The lowest BCUT2D eigenvalue weighted by atomic mass is 9.90. The molecule has 2 saturated heterocycles. The van der Waals surface area contributed by atoms with Crippen molar-refractivity contribution in [3.8, 4) is 0 Å². The molecule has 2 aromatic rings. The zero-order chi connectivity index (χ0) is 28.2. The van der Waals surface area contributed by atoms with Crippen molar-refractivity contribution in [2.24, 2.45) is 5.41 Å². The topological polar surface area (TPSA) is 127 Å². The van der Waals surface area contributed by atoms with Crippen molar-refractivity contribution in [1.29, 1.82) is 0 Å². The maximum atomic E-state index is 13.3. The molecule has 0 aliphatic carbocycles. The number of hydrogen-bond acceptors (Lipinski definition) is 9. The summed E-state index contributed by atoms with van der Waals surface area (Å²) >= 11 is 0. The molecule has 0 bridgehead atoms. The Morgan fingerprint density at radius 1 is 1.23 bits per heavy atom. The Balaban J connectivity index is 1.31. The number of rotatable bonds is 11.